The van der Waals surface area contributed by atoms with Crippen LogP contribution in [0, 0.1) is 5.92 Å². The molecular weight excluding hydrogens is 316 g/mol. The molecule has 1 fully saturated rings. The van der Waals surface area contributed by atoms with Crippen molar-refractivity contribution in [1.82, 2.24) is 4.90 Å². The van der Waals surface area contributed by atoms with E-state index in [9.17, 15) is 5.11 Å². The fourth-order valence-corrected chi connectivity index (χ4v) is 3.57. The number of aliphatic hydroxyl groups is 1. The maximum atomic E-state index is 9.93. The summed E-state index contributed by atoms with van der Waals surface area (Å²) in [5.41, 5.74) is 7.66. The molecule has 20 heavy (non-hydrogen) atoms. The Labute approximate surface area is 130 Å². The maximum Gasteiger partial charge on any atom is 0.0590 e. The molecule has 1 aromatic carbocycles. The van der Waals surface area contributed by atoms with Gasteiger partial charge in [-0.1, -0.05) is 48.0 Å². The van der Waals surface area contributed by atoms with Crippen molar-refractivity contribution in [3.8, 4) is 0 Å². The van der Waals surface area contributed by atoms with Crippen LogP contribution in [-0.4, -0.2) is 35.2 Å². The minimum atomic E-state index is -0.177. The summed E-state index contributed by atoms with van der Waals surface area (Å²) in [7, 11) is 0. The van der Waals surface area contributed by atoms with Gasteiger partial charge in [0.2, 0.25) is 0 Å². The van der Waals surface area contributed by atoms with E-state index in [4.69, 9.17) is 5.73 Å². The van der Waals surface area contributed by atoms with Crippen LogP contribution in [0.15, 0.2) is 28.7 Å². The van der Waals surface area contributed by atoms with Crippen molar-refractivity contribution in [2.75, 3.05) is 13.1 Å². The molecule has 0 radical (unpaired) electrons. The van der Waals surface area contributed by atoms with Crippen molar-refractivity contribution in [2.45, 2.75) is 44.9 Å². The highest BCUT2D eigenvalue weighted by Crippen LogP contribution is 2.33. The molecule has 3 N–H and O–H groups in total. The number of nitrogens with zero attached hydrogens (tertiary/aromatic N) is 1. The standard InChI is InChI=1S/C16H25BrN2O/c1-3-14(18)16(12-6-4-5-7-13(12)17)19-9-8-15(20)11(2)10-19/h4-7,11,14-16,20H,3,8-10,18H2,1-2H3. The van der Waals surface area contributed by atoms with Gasteiger partial charge < -0.3 is 10.8 Å². The lowest BCUT2D eigenvalue weighted by atomic mass is 9.90. The van der Waals surface area contributed by atoms with Crippen molar-refractivity contribution in [1.29, 1.82) is 0 Å². The molecule has 4 unspecified atom stereocenters. The summed E-state index contributed by atoms with van der Waals surface area (Å²) in [6.07, 6.45) is 1.60. The van der Waals surface area contributed by atoms with Crippen LogP contribution in [0.3, 0.4) is 0 Å². The van der Waals surface area contributed by atoms with E-state index >= 15 is 0 Å². The number of hydrogen-bond donors (Lipinski definition) is 2. The molecule has 1 aliphatic rings. The van der Waals surface area contributed by atoms with E-state index in [0.29, 0.717) is 5.92 Å². The smallest absolute Gasteiger partial charge is 0.0590 e. The van der Waals surface area contributed by atoms with Crippen LogP contribution < -0.4 is 5.73 Å². The average Bonchev–Trinajstić information content (AvgIpc) is 2.44. The van der Waals surface area contributed by atoms with Gasteiger partial charge in [0, 0.05) is 23.6 Å². The molecule has 4 atom stereocenters. The van der Waals surface area contributed by atoms with E-state index in [1.165, 1.54) is 5.56 Å². The Kier molecular flexibility index (Phi) is 5.61. The minimum absolute atomic E-state index is 0.108. The number of likely N-dealkylation sites (tertiary alicyclic amines) is 1. The highest BCUT2D eigenvalue weighted by atomic mass is 79.9. The lowest BCUT2D eigenvalue weighted by Crippen LogP contribution is -2.48. The van der Waals surface area contributed by atoms with E-state index in [1.54, 1.807) is 0 Å². The Balaban J connectivity index is 2.27. The number of piperidine rings is 1. The normalized spacial score (nSPS) is 27.2. The number of aliphatic hydroxyl groups excluding tert-OH is 1. The topological polar surface area (TPSA) is 49.5 Å². The molecular formula is C16H25BrN2O. The Hall–Kier alpha value is -0.420. The molecule has 0 saturated carbocycles. The van der Waals surface area contributed by atoms with Crippen LogP contribution in [0.2, 0.25) is 0 Å². The van der Waals surface area contributed by atoms with Gasteiger partial charge in [-0.05, 0) is 30.4 Å². The SMILES string of the molecule is CCC(N)C(c1ccccc1Br)N1CCC(O)C(C)C1. The van der Waals surface area contributed by atoms with Crippen LogP contribution in [0.1, 0.15) is 38.3 Å². The number of benzene rings is 1. The zero-order valence-corrected chi connectivity index (χ0v) is 13.9. The third-order valence-corrected chi connectivity index (χ3v) is 5.11. The molecule has 0 bridgehead atoms. The Morgan fingerprint density at radius 1 is 1.45 bits per heavy atom. The van der Waals surface area contributed by atoms with Crippen LogP contribution in [0.5, 0.6) is 0 Å². The molecule has 1 aliphatic heterocycles. The summed E-state index contributed by atoms with van der Waals surface area (Å²) in [6, 6.07) is 8.65. The zero-order valence-electron chi connectivity index (χ0n) is 12.3. The first-order valence-electron chi connectivity index (χ1n) is 7.46. The van der Waals surface area contributed by atoms with Crippen molar-refractivity contribution in [3.05, 3.63) is 34.3 Å². The zero-order chi connectivity index (χ0) is 14.7. The molecule has 112 valence electrons. The molecule has 0 aliphatic carbocycles. The van der Waals surface area contributed by atoms with Crippen LogP contribution in [0.25, 0.3) is 0 Å². The summed E-state index contributed by atoms with van der Waals surface area (Å²) in [5.74, 6) is 0.304. The first-order valence-corrected chi connectivity index (χ1v) is 8.26. The second-order valence-electron chi connectivity index (χ2n) is 5.87. The van der Waals surface area contributed by atoms with Crippen LogP contribution in [0.4, 0.5) is 0 Å². The number of halogens is 1. The van der Waals surface area contributed by atoms with Gasteiger partial charge in [0.25, 0.3) is 0 Å². The highest BCUT2D eigenvalue weighted by molar-refractivity contribution is 9.10. The molecule has 0 aromatic heterocycles. The summed E-state index contributed by atoms with van der Waals surface area (Å²) in [5, 5.41) is 9.93. The van der Waals surface area contributed by atoms with E-state index in [0.717, 1.165) is 30.4 Å². The predicted octanol–water partition coefficient (Wildman–Crippen LogP) is 2.93. The Bertz CT molecular complexity index is 440. The van der Waals surface area contributed by atoms with Gasteiger partial charge in [0.05, 0.1) is 12.1 Å². The van der Waals surface area contributed by atoms with Gasteiger partial charge in [-0.2, -0.15) is 0 Å². The van der Waals surface area contributed by atoms with E-state index in [1.807, 2.05) is 6.07 Å². The molecule has 0 amide bonds. The molecule has 1 saturated heterocycles. The van der Waals surface area contributed by atoms with E-state index < -0.39 is 0 Å². The van der Waals surface area contributed by atoms with Crippen molar-refractivity contribution < 1.29 is 5.11 Å². The minimum Gasteiger partial charge on any atom is -0.393 e. The van der Waals surface area contributed by atoms with Crippen molar-refractivity contribution in [3.63, 3.8) is 0 Å². The predicted molar refractivity (Wildman–Crippen MR) is 86.5 cm³/mol. The van der Waals surface area contributed by atoms with E-state index in [2.05, 4.69) is 52.9 Å². The van der Waals surface area contributed by atoms with Crippen LogP contribution >= 0.6 is 15.9 Å². The number of nitrogens with two attached hydrogens (primary N) is 1. The quantitative estimate of drug-likeness (QED) is 0.885. The van der Waals surface area contributed by atoms with Gasteiger partial charge in [-0.3, -0.25) is 4.90 Å². The molecule has 1 heterocycles. The largest absolute Gasteiger partial charge is 0.393 e. The maximum absolute atomic E-state index is 9.93. The molecule has 2 rings (SSSR count). The fourth-order valence-electron chi connectivity index (χ4n) is 3.05. The van der Waals surface area contributed by atoms with Crippen molar-refractivity contribution >= 4 is 15.9 Å². The van der Waals surface area contributed by atoms with Gasteiger partial charge in [-0.25, -0.2) is 0 Å². The van der Waals surface area contributed by atoms with Crippen LogP contribution in [-0.2, 0) is 0 Å². The first-order chi connectivity index (χ1) is 9.54. The van der Waals surface area contributed by atoms with E-state index in [-0.39, 0.29) is 18.2 Å². The van der Waals surface area contributed by atoms with Gasteiger partial charge in [-0.15, -0.1) is 0 Å². The molecule has 0 spiro atoms. The third kappa shape index (κ3) is 3.42. The molecule has 4 heteroatoms. The Morgan fingerprint density at radius 3 is 2.75 bits per heavy atom. The van der Waals surface area contributed by atoms with Gasteiger partial charge >= 0.3 is 0 Å². The number of hydrogen-bond acceptors (Lipinski definition) is 3. The fraction of sp³-hybridized carbons (Fsp3) is 0.625. The lowest BCUT2D eigenvalue weighted by molar-refractivity contribution is 0.0111. The summed E-state index contributed by atoms with van der Waals surface area (Å²) >= 11 is 3.66. The molecule has 3 nitrogen and oxygen atoms in total. The second kappa shape index (κ2) is 7.03. The summed E-state index contributed by atoms with van der Waals surface area (Å²) in [4.78, 5) is 2.44. The number of rotatable bonds is 4. The van der Waals surface area contributed by atoms with Gasteiger partial charge in [0.15, 0.2) is 0 Å². The molecule has 1 aromatic rings. The Morgan fingerprint density at radius 2 is 2.15 bits per heavy atom. The third-order valence-electron chi connectivity index (χ3n) is 4.39. The second-order valence-corrected chi connectivity index (χ2v) is 6.72. The highest BCUT2D eigenvalue weighted by Gasteiger charge is 2.33. The lowest BCUT2D eigenvalue weighted by Gasteiger charge is -2.42. The summed E-state index contributed by atoms with van der Waals surface area (Å²) in [6.45, 7) is 6.06. The summed E-state index contributed by atoms with van der Waals surface area (Å²) < 4.78 is 1.12. The van der Waals surface area contributed by atoms with Gasteiger partial charge in [0.1, 0.15) is 0 Å². The first kappa shape index (κ1) is 16.0. The average molecular weight is 341 g/mol. The monoisotopic (exact) mass is 340 g/mol. The van der Waals surface area contributed by atoms with Crippen molar-refractivity contribution in [2.24, 2.45) is 11.7 Å².